The summed E-state index contributed by atoms with van der Waals surface area (Å²) < 4.78 is 30.4. The van der Waals surface area contributed by atoms with Crippen molar-refractivity contribution in [2.45, 2.75) is 6.42 Å². The van der Waals surface area contributed by atoms with Gasteiger partial charge in [0.15, 0.2) is 0 Å². The third kappa shape index (κ3) is 4.97. The van der Waals surface area contributed by atoms with Gasteiger partial charge in [-0.1, -0.05) is 23.2 Å². The monoisotopic (exact) mass is 380 g/mol. The highest BCUT2D eigenvalue weighted by atomic mass is 35.5. The van der Waals surface area contributed by atoms with Gasteiger partial charge in [-0.15, -0.1) is 0 Å². The summed E-state index contributed by atoms with van der Waals surface area (Å²) in [5.41, 5.74) is 0.313. The molecule has 1 heterocycles. The van der Waals surface area contributed by atoms with Crippen LogP contribution in [0.3, 0.4) is 0 Å². The second kappa shape index (κ2) is 7.70. The van der Waals surface area contributed by atoms with E-state index in [0.717, 1.165) is 10.6 Å². The van der Waals surface area contributed by atoms with E-state index in [1.807, 2.05) is 0 Å². The summed E-state index contributed by atoms with van der Waals surface area (Å²) in [6.45, 7) is 2.09. The molecular weight excluding hydrogens is 363 g/mol. The molecule has 0 spiro atoms. The van der Waals surface area contributed by atoms with Crippen LogP contribution >= 0.6 is 23.2 Å². The van der Waals surface area contributed by atoms with Crippen LogP contribution < -0.4 is 4.31 Å². The number of halogens is 2. The summed E-state index contributed by atoms with van der Waals surface area (Å²) >= 11 is 11.9. The number of ether oxygens (including phenoxy) is 1. The van der Waals surface area contributed by atoms with E-state index < -0.39 is 10.0 Å². The first-order valence-corrected chi connectivity index (χ1v) is 9.68. The highest BCUT2D eigenvalue weighted by Crippen LogP contribution is 2.30. The number of morpholine rings is 1. The average Bonchev–Trinajstić information content (AvgIpc) is 2.48. The first-order chi connectivity index (χ1) is 10.8. The molecule has 0 aliphatic carbocycles. The van der Waals surface area contributed by atoms with Gasteiger partial charge in [-0.05, 0) is 18.2 Å². The van der Waals surface area contributed by atoms with E-state index in [2.05, 4.69) is 0 Å². The van der Waals surface area contributed by atoms with Crippen molar-refractivity contribution in [3.63, 3.8) is 0 Å². The molecule has 0 N–H and O–H groups in total. The molecule has 1 amide bonds. The van der Waals surface area contributed by atoms with Crippen molar-refractivity contribution in [2.75, 3.05) is 43.4 Å². The number of amides is 1. The van der Waals surface area contributed by atoms with Crippen LogP contribution in [0.2, 0.25) is 10.0 Å². The molecule has 2 rings (SSSR count). The maximum Gasteiger partial charge on any atom is 0.232 e. The van der Waals surface area contributed by atoms with Gasteiger partial charge < -0.3 is 9.64 Å². The van der Waals surface area contributed by atoms with Crippen LogP contribution in [0, 0.1) is 0 Å². The Balaban J connectivity index is 2.12. The number of carbonyl (C=O) groups excluding carboxylic acids is 1. The van der Waals surface area contributed by atoms with Crippen LogP contribution in [0.25, 0.3) is 0 Å². The van der Waals surface area contributed by atoms with Crippen molar-refractivity contribution in [2.24, 2.45) is 0 Å². The van der Waals surface area contributed by atoms with Crippen LogP contribution in [0.15, 0.2) is 18.2 Å². The molecule has 128 valence electrons. The molecular formula is C14H18Cl2N2O4S. The third-order valence-electron chi connectivity index (χ3n) is 3.47. The minimum absolute atomic E-state index is 0.0242. The summed E-state index contributed by atoms with van der Waals surface area (Å²) in [6, 6.07) is 4.57. The van der Waals surface area contributed by atoms with Gasteiger partial charge in [-0.2, -0.15) is 0 Å². The van der Waals surface area contributed by atoms with E-state index in [9.17, 15) is 13.2 Å². The molecule has 0 unspecified atom stereocenters. The van der Waals surface area contributed by atoms with Crippen molar-refractivity contribution < 1.29 is 17.9 Å². The highest BCUT2D eigenvalue weighted by Gasteiger charge is 2.23. The highest BCUT2D eigenvalue weighted by molar-refractivity contribution is 7.92. The maximum atomic E-state index is 12.2. The topological polar surface area (TPSA) is 66.9 Å². The summed E-state index contributed by atoms with van der Waals surface area (Å²) in [6.07, 6.45) is 1.16. The number of hydrogen-bond acceptors (Lipinski definition) is 4. The minimum Gasteiger partial charge on any atom is -0.378 e. The fourth-order valence-corrected chi connectivity index (χ4v) is 3.82. The van der Waals surface area contributed by atoms with Crippen LogP contribution in [-0.4, -0.2) is 58.3 Å². The van der Waals surface area contributed by atoms with Gasteiger partial charge in [0.2, 0.25) is 15.9 Å². The van der Waals surface area contributed by atoms with Gasteiger partial charge in [-0.25, -0.2) is 8.42 Å². The molecule has 0 atom stereocenters. The molecule has 1 aliphatic heterocycles. The quantitative estimate of drug-likeness (QED) is 0.783. The van der Waals surface area contributed by atoms with E-state index in [0.29, 0.717) is 37.0 Å². The summed E-state index contributed by atoms with van der Waals surface area (Å²) in [5, 5.41) is 0.637. The first kappa shape index (κ1) is 18.3. The maximum absolute atomic E-state index is 12.2. The van der Waals surface area contributed by atoms with Gasteiger partial charge in [0.1, 0.15) is 0 Å². The Morgan fingerprint density at radius 1 is 1.30 bits per heavy atom. The number of nitrogens with zero attached hydrogens (tertiary/aromatic N) is 2. The smallest absolute Gasteiger partial charge is 0.232 e. The lowest BCUT2D eigenvalue weighted by Crippen LogP contribution is -2.42. The second-order valence-electron chi connectivity index (χ2n) is 5.17. The lowest BCUT2D eigenvalue weighted by molar-refractivity contribution is -0.134. The molecule has 1 fully saturated rings. The van der Waals surface area contributed by atoms with Crippen LogP contribution in [0.5, 0.6) is 0 Å². The summed E-state index contributed by atoms with van der Waals surface area (Å²) in [7, 11) is -3.57. The fraction of sp³-hybridized carbons (Fsp3) is 0.500. The standard InChI is InChI=1S/C14H18Cl2N2O4S/c1-23(20,21)18(13-3-2-11(15)10-12(13)16)5-4-14(19)17-6-8-22-9-7-17/h2-3,10H,4-9H2,1H3. The molecule has 9 heteroatoms. The number of sulfonamides is 1. The van der Waals surface area contributed by atoms with E-state index in [-0.39, 0.29) is 23.9 Å². The molecule has 1 aliphatic rings. The summed E-state index contributed by atoms with van der Waals surface area (Å²) in [5.74, 6) is -0.105. The average molecular weight is 381 g/mol. The Labute approximate surface area is 146 Å². The molecule has 0 saturated carbocycles. The Morgan fingerprint density at radius 3 is 2.52 bits per heavy atom. The third-order valence-corrected chi connectivity index (χ3v) is 5.19. The fourth-order valence-electron chi connectivity index (χ4n) is 2.32. The number of anilines is 1. The van der Waals surface area contributed by atoms with Gasteiger partial charge in [0.25, 0.3) is 0 Å². The van der Waals surface area contributed by atoms with E-state index in [4.69, 9.17) is 27.9 Å². The molecule has 23 heavy (non-hydrogen) atoms. The second-order valence-corrected chi connectivity index (χ2v) is 7.92. The van der Waals surface area contributed by atoms with Gasteiger partial charge in [0.05, 0.1) is 30.2 Å². The number of carbonyl (C=O) groups is 1. The predicted molar refractivity (Wildman–Crippen MR) is 90.7 cm³/mol. The summed E-state index contributed by atoms with van der Waals surface area (Å²) in [4.78, 5) is 13.9. The lowest BCUT2D eigenvalue weighted by Gasteiger charge is -2.28. The Kier molecular flexibility index (Phi) is 6.13. The first-order valence-electron chi connectivity index (χ1n) is 7.07. The van der Waals surface area contributed by atoms with Crippen molar-refractivity contribution in [3.05, 3.63) is 28.2 Å². The lowest BCUT2D eigenvalue weighted by atomic mass is 10.3. The Bertz CT molecular complexity index is 675. The van der Waals surface area contributed by atoms with Crippen molar-refractivity contribution in [1.29, 1.82) is 0 Å². The zero-order valence-corrected chi connectivity index (χ0v) is 15.0. The molecule has 0 radical (unpaired) electrons. The Hall–Kier alpha value is -1.02. The van der Waals surface area contributed by atoms with Gasteiger partial charge in [0, 0.05) is 31.1 Å². The number of hydrogen-bond donors (Lipinski definition) is 0. The van der Waals surface area contributed by atoms with Crippen molar-refractivity contribution in [1.82, 2.24) is 4.90 Å². The largest absolute Gasteiger partial charge is 0.378 e. The molecule has 1 aromatic carbocycles. The molecule has 1 aromatic rings. The van der Waals surface area contributed by atoms with Crippen molar-refractivity contribution >= 4 is 44.8 Å². The van der Waals surface area contributed by atoms with Crippen LogP contribution in [-0.2, 0) is 19.6 Å². The Morgan fingerprint density at radius 2 is 1.96 bits per heavy atom. The number of rotatable bonds is 5. The molecule has 6 nitrogen and oxygen atoms in total. The number of benzene rings is 1. The molecule has 0 aromatic heterocycles. The zero-order chi connectivity index (χ0) is 17.0. The van der Waals surface area contributed by atoms with E-state index in [1.165, 1.54) is 12.1 Å². The van der Waals surface area contributed by atoms with E-state index >= 15 is 0 Å². The SMILES string of the molecule is CS(=O)(=O)N(CCC(=O)N1CCOCC1)c1ccc(Cl)cc1Cl. The van der Waals surface area contributed by atoms with Crippen LogP contribution in [0.1, 0.15) is 6.42 Å². The molecule has 0 bridgehead atoms. The minimum atomic E-state index is -3.57. The van der Waals surface area contributed by atoms with Gasteiger partial charge in [-0.3, -0.25) is 9.10 Å². The van der Waals surface area contributed by atoms with E-state index in [1.54, 1.807) is 11.0 Å². The predicted octanol–water partition coefficient (Wildman–Crippen LogP) is 2.01. The molecule has 1 saturated heterocycles. The van der Waals surface area contributed by atoms with Crippen LogP contribution in [0.4, 0.5) is 5.69 Å². The zero-order valence-electron chi connectivity index (χ0n) is 12.7. The van der Waals surface area contributed by atoms with Gasteiger partial charge >= 0.3 is 0 Å². The normalized spacial score (nSPS) is 15.5. The van der Waals surface area contributed by atoms with Crippen molar-refractivity contribution in [3.8, 4) is 0 Å².